The molecule has 0 saturated heterocycles. The standard InChI is InChI=1S/C28H22F2N6O2/c1-3-4-5-24(32-2)34-28(38)27(21-14-20(29)11-12-22(21)37)36-16-19-10-9-18(25(30)26(19)35-36)8-6-17-7-13-23(31)33-15-17/h3-5,7,9-16,27,37H,2H2,1H3,(H2,31,33)(H,34,38)/b4-3-,24-5+. The third-order valence-corrected chi connectivity index (χ3v) is 5.43. The lowest BCUT2D eigenvalue weighted by Crippen LogP contribution is -2.33. The molecule has 2 aromatic heterocycles. The molecule has 4 rings (SSSR count). The summed E-state index contributed by atoms with van der Waals surface area (Å²) in [4.78, 5) is 21.1. The van der Waals surface area contributed by atoms with Crippen LogP contribution in [0.1, 0.15) is 29.7 Å². The highest BCUT2D eigenvalue weighted by molar-refractivity contribution is 5.87. The first-order chi connectivity index (χ1) is 18.3. The highest BCUT2D eigenvalue weighted by Crippen LogP contribution is 2.30. The Balaban J connectivity index is 1.79. The minimum atomic E-state index is -1.37. The third-order valence-electron chi connectivity index (χ3n) is 5.43. The Hall–Kier alpha value is -5.30. The molecule has 0 aliphatic carbocycles. The molecule has 1 amide bonds. The maximum atomic E-state index is 15.4. The molecule has 1 unspecified atom stereocenters. The minimum Gasteiger partial charge on any atom is -0.508 e. The summed E-state index contributed by atoms with van der Waals surface area (Å²) in [5.74, 6) is 3.57. The number of fused-ring (bicyclic) bond motifs is 1. The lowest BCUT2D eigenvalue weighted by Gasteiger charge is -2.19. The topological polar surface area (TPSA) is 118 Å². The molecule has 2 aromatic carbocycles. The van der Waals surface area contributed by atoms with Gasteiger partial charge in [-0.25, -0.2) is 18.8 Å². The molecule has 0 aliphatic rings. The fourth-order valence-corrected chi connectivity index (χ4v) is 3.58. The number of nitrogen functional groups attached to an aromatic ring is 1. The molecule has 38 heavy (non-hydrogen) atoms. The van der Waals surface area contributed by atoms with E-state index < -0.39 is 23.6 Å². The number of hydrogen-bond acceptors (Lipinski definition) is 6. The summed E-state index contributed by atoms with van der Waals surface area (Å²) in [7, 11) is 0. The second kappa shape index (κ2) is 11.2. The quantitative estimate of drug-likeness (QED) is 0.203. The number of phenols is 1. The molecule has 2 heterocycles. The van der Waals surface area contributed by atoms with Crippen LogP contribution in [0.2, 0.25) is 0 Å². The smallest absolute Gasteiger partial charge is 0.255 e. The molecule has 0 bridgehead atoms. The third kappa shape index (κ3) is 5.57. The second-order valence-electron chi connectivity index (χ2n) is 8.03. The van der Waals surface area contributed by atoms with E-state index >= 15 is 4.39 Å². The summed E-state index contributed by atoms with van der Waals surface area (Å²) in [5, 5.41) is 17.7. The van der Waals surface area contributed by atoms with Gasteiger partial charge in [-0.2, -0.15) is 5.10 Å². The van der Waals surface area contributed by atoms with Crippen molar-refractivity contribution in [3.63, 3.8) is 0 Å². The van der Waals surface area contributed by atoms with E-state index in [-0.39, 0.29) is 28.2 Å². The number of allylic oxidation sites excluding steroid dienone is 3. The predicted molar refractivity (Wildman–Crippen MR) is 141 cm³/mol. The zero-order valence-corrected chi connectivity index (χ0v) is 20.2. The molecule has 1 atom stereocenters. The largest absolute Gasteiger partial charge is 0.508 e. The predicted octanol–water partition coefficient (Wildman–Crippen LogP) is 4.22. The highest BCUT2D eigenvalue weighted by Gasteiger charge is 2.28. The monoisotopic (exact) mass is 512 g/mol. The van der Waals surface area contributed by atoms with Crippen molar-refractivity contribution in [3.05, 3.63) is 107 Å². The van der Waals surface area contributed by atoms with Gasteiger partial charge in [-0.1, -0.05) is 24.0 Å². The number of aromatic nitrogens is 3. The number of nitrogens with zero attached hydrogens (tertiary/aromatic N) is 4. The highest BCUT2D eigenvalue weighted by atomic mass is 19.1. The Bertz CT molecular complexity index is 1650. The van der Waals surface area contributed by atoms with Gasteiger partial charge in [0, 0.05) is 28.9 Å². The maximum absolute atomic E-state index is 15.4. The number of carbonyl (C=O) groups excluding carboxylic acids is 1. The molecule has 0 fully saturated rings. The van der Waals surface area contributed by atoms with Gasteiger partial charge in [0.25, 0.3) is 5.91 Å². The second-order valence-corrected chi connectivity index (χ2v) is 8.03. The fourth-order valence-electron chi connectivity index (χ4n) is 3.58. The summed E-state index contributed by atoms with van der Waals surface area (Å²) in [6, 6.07) is 8.13. The van der Waals surface area contributed by atoms with Crippen molar-refractivity contribution in [2.45, 2.75) is 13.0 Å². The number of amides is 1. The number of aliphatic imine (C=N–C) groups is 1. The maximum Gasteiger partial charge on any atom is 0.255 e. The Morgan fingerprint density at radius 3 is 2.76 bits per heavy atom. The van der Waals surface area contributed by atoms with E-state index in [9.17, 15) is 14.3 Å². The van der Waals surface area contributed by atoms with Crippen LogP contribution in [0.15, 0.2) is 83.9 Å². The molecule has 8 nitrogen and oxygen atoms in total. The normalized spacial score (nSPS) is 12.2. The number of phenolic OH excluding ortho intramolecular Hbond substituents is 1. The van der Waals surface area contributed by atoms with Gasteiger partial charge in [-0.05, 0) is 62.2 Å². The number of hydrogen-bond donors (Lipinski definition) is 3. The number of aromatic hydroxyl groups is 1. The number of nitrogens with one attached hydrogen (secondary N) is 1. The van der Waals surface area contributed by atoms with Crippen LogP contribution in [0.25, 0.3) is 10.9 Å². The average Bonchev–Trinajstić information content (AvgIpc) is 3.34. The molecule has 0 saturated carbocycles. The van der Waals surface area contributed by atoms with Gasteiger partial charge in [0.1, 0.15) is 28.7 Å². The number of anilines is 1. The number of benzene rings is 2. The molecule has 190 valence electrons. The first-order valence-electron chi connectivity index (χ1n) is 11.3. The first kappa shape index (κ1) is 25.8. The van der Waals surface area contributed by atoms with Crippen LogP contribution >= 0.6 is 0 Å². The minimum absolute atomic E-state index is 0.0625. The van der Waals surface area contributed by atoms with E-state index in [1.807, 2.05) is 0 Å². The van der Waals surface area contributed by atoms with Crippen LogP contribution < -0.4 is 11.1 Å². The zero-order valence-electron chi connectivity index (χ0n) is 20.2. The molecule has 0 aliphatic heterocycles. The molecule has 4 aromatic rings. The molecular formula is C28H22F2N6O2. The van der Waals surface area contributed by atoms with Crippen LogP contribution in [0.3, 0.4) is 0 Å². The van der Waals surface area contributed by atoms with Crippen LogP contribution in [0.5, 0.6) is 5.75 Å². The van der Waals surface area contributed by atoms with Crippen LogP contribution in [0, 0.1) is 23.5 Å². The lowest BCUT2D eigenvalue weighted by atomic mass is 10.0. The molecule has 4 N–H and O–H groups in total. The van der Waals surface area contributed by atoms with Gasteiger partial charge in [-0.15, -0.1) is 0 Å². The van der Waals surface area contributed by atoms with Crippen LogP contribution in [0.4, 0.5) is 14.6 Å². The van der Waals surface area contributed by atoms with Gasteiger partial charge < -0.3 is 16.2 Å². The van der Waals surface area contributed by atoms with Crippen LogP contribution in [-0.2, 0) is 4.79 Å². The number of pyridine rings is 1. The van der Waals surface area contributed by atoms with Crippen molar-refractivity contribution in [1.82, 2.24) is 20.1 Å². The number of nitrogens with two attached hydrogens (primary N) is 1. The van der Waals surface area contributed by atoms with Gasteiger partial charge in [0.05, 0.1) is 5.56 Å². The summed E-state index contributed by atoms with van der Waals surface area (Å²) < 4.78 is 30.7. The molecule has 0 radical (unpaired) electrons. The summed E-state index contributed by atoms with van der Waals surface area (Å²) in [6.45, 7) is 5.21. The van der Waals surface area contributed by atoms with Gasteiger partial charge >= 0.3 is 0 Å². The van der Waals surface area contributed by atoms with Gasteiger partial charge in [-0.3, -0.25) is 9.48 Å². The Morgan fingerprint density at radius 2 is 2.05 bits per heavy atom. The van der Waals surface area contributed by atoms with Crippen molar-refractivity contribution in [2.24, 2.45) is 4.99 Å². The SMILES string of the molecule is C=N/C(=C\C=C/C)NC(=O)C(c1cc(F)ccc1O)n1cc2ccc(C#Cc3ccc(N)nc3)c(F)c2n1. The summed E-state index contributed by atoms with van der Waals surface area (Å²) >= 11 is 0. The van der Waals surface area contributed by atoms with Gasteiger partial charge in [0.2, 0.25) is 0 Å². The molecule has 0 spiro atoms. The molecule has 10 heteroatoms. The van der Waals surface area contributed by atoms with Crippen LogP contribution in [-0.4, -0.2) is 32.5 Å². The lowest BCUT2D eigenvalue weighted by molar-refractivity contribution is -0.122. The van der Waals surface area contributed by atoms with Crippen molar-refractivity contribution in [3.8, 4) is 17.6 Å². The summed E-state index contributed by atoms with van der Waals surface area (Å²) in [6.07, 6.45) is 7.76. The number of rotatable bonds is 6. The van der Waals surface area contributed by atoms with Crippen molar-refractivity contribution >= 4 is 29.3 Å². The fraction of sp³-hybridized carbons (Fsp3) is 0.0714. The van der Waals surface area contributed by atoms with E-state index in [0.29, 0.717) is 16.8 Å². The number of carbonyl (C=O) groups is 1. The van der Waals surface area contributed by atoms with E-state index in [0.717, 1.165) is 22.9 Å². The molecular weight excluding hydrogens is 490 g/mol. The van der Waals surface area contributed by atoms with E-state index in [2.05, 4.69) is 39.0 Å². The Morgan fingerprint density at radius 1 is 1.24 bits per heavy atom. The first-order valence-corrected chi connectivity index (χ1v) is 11.3. The van der Waals surface area contributed by atoms with Crippen molar-refractivity contribution < 1.29 is 18.7 Å². The Labute approximate surface area is 216 Å². The van der Waals surface area contributed by atoms with E-state index in [1.165, 1.54) is 24.5 Å². The van der Waals surface area contributed by atoms with E-state index in [4.69, 9.17) is 5.73 Å². The van der Waals surface area contributed by atoms with Crippen molar-refractivity contribution in [2.75, 3.05) is 5.73 Å². The van der Waals surface area contributed by atoms with E-state index in [1.54, 1.807) is 37.3 Å². The van der Waals surface area contributed by atoms with Crippen molar-refractivity contribution in [1.29, 1.82) is 0 Å². The summed E-state index contributed by atoms with van der Waals surface area (Å²) in [5.41, 5.74) is 6.04. The zero-order chi connectivity index (χ0) is 27.2. The van der Waals surface area contributed by atoms with Gasteiger partial charge in [0.15, 0.2) is 11.9 Å². The average molecular weight is 513 g/mol. The Kier molecular flexibility index (Phi) is 7.58. The number of halogens is 2.